The molecule has 2 aliphatic heterocycles. The maximum atomic E-state index is 12.8. The molecule has 1 aromatic carbocycles. The van der Waals surface area contributed by atoms with Crippen molar-refractivity contribution in [2.75, 3.05) is 40.0 Å². The molecule has 0 radical (unpaired) electrons. The number of likely N-dealkylation sites (tertiary alicyclic amines) is 1. The molecule has 2 saturated heterocycles. The van der Waals surface area contributed by atoms with E-state index in [1.165, 1.54) is 11.1 Å². The molecule has 0 bridgehead atoms. The van der Waals surface area contributed by atoms with Gasteiger partial charge in [-0.2, -0.15) is 0 Å². The molecule has 1 atom stereocenters. The van der Waals surface area contributed by atoms with Gasteiger partial charge in [0.15, 0.2) is 0 Å². The highest BCUT2D eigenvalue weighted by molar-refractivity contribution is 5.84. The molecule has 0 aromatic heterocycles. The summed E-state index contributed by atoms with van der Waals surface area (Å²) in [6, 6.07) is 6.61. The second-order valence-electron chi connectivity index (χ2n) is 7.33. The van der Waals surface area contributed by atoms with Crippen molar-refractivity contribution in [3.8, 4) is 5.75 Å². The molecule has 2 heterocycles. The SMILES string of the molecule is Cc1cc(C)cc(OCCN(C)[C@@H]2CCN(C3CCOCC3)C2=O)c1. The van der Waals surface area contributed by atoms with Crippen molar-refractivity contribution in [2.24, 2.45) is 0 Å². The molecule has 5 nitrogen and oxygen atoms in total. The van der Waals surface area contributed by atoms with Crippen LogP contribution in [-0.4, -0.2) is 67.7 Å². The van der Waals surface area contributed by atoms with Crippen molar-refractivity contribution in [2.45, 2.75) is 45.2 Å². The fourth-order valence-electron chi connectivity index (χ4n) is 3.93. The third-order valence-corrected chi connectivity index (χ3v) is 5.28. The smallest absolute Gasteiger partial charge is 0.240 e. The van der Waals surface area contributed by atoms with E-state index < -0.39 is 0 Å². The first-order valence-corrected chi connectivity index (χ1v) is 9.34. The third-order valence-electron chi connectivity index (χ3n) is 5.28. The van der Waals surface area contributed by atoms with E-state index in [2.05, 4.69) is 41.8 Å². The Labute approximate surface area is 150 Å². The summed E-state index contributed by atoms with van der Waals surface area (Å²) in [4.78, 5) is 17.0. The van der Waals surface area contributed by atoms with Gasteiger partial charge in [0.25, 0.3) is 0 Å². The Bertz CT molecular complexity index is 578. The molecule has 2 aliphatic rings. The Kier molecular flexibility index (Phi) is 5.97. The van der Waals surface area contributed by atoms with Crippen LogP contribution in [0.1, 0.15) is 30.4 Å². The van der Waals surface area contributed by atoms with E-state index in [0.717, 1.165) is 51.3 Å². The Balaban J connectivity index is 1.48. The lowest BCUT2D eigenvalue weighted by molar-refractivity contribution is -0.135. The number of hydrogen-bond donors (Lipinski definition) is 0. The number of carbonyl (C=O) groups is 1. The van der Waals surface area contributed by atoms with Gasteiger partial charge in [-0.25, -0.2) is 0 Å². The zero-order valence-corrected chi connectivity index (χ0v) is 15.7. The molecule has 0 N–H and O–H groups in total. The Morgan fingerprint density at radius 1 is 1.16 bits per heavy atom. The predicted molar refractivity (Wildman–Crippen MR) is 98.0 cm³/mol. The van der Waals surface area contributed by atoms with Gasteiger partial charge in [0.2, 0.25) is 5.91 Å². The standard InChI is InChI=1S/C20H30N2O3/c1-15-12-16(2)14-18(13-15)25-11-8-21(3)19-4-7-22(20(19)23)17-5-9-24-10-6-17/h12-14,17,19H,4-11H2,1-3H3/t19-/m1/s1. The first kappa shape index (κ1) is 18.2. The van der Waals surface area contributed by atoms with Crippen molar-refractivity contribution in [3.63, 3.8) is 0 Å². The lowest BCUT2D eigenvalue weighted by Gasteiger charge is -2.32. The summed E-state index contributed by atoms with van der Waals surface area (Å²) in [5, 5.41) is 0. The number of amides is 1. The quantitative estimate of drug-likeness (QED) is 0.793. The second kappa shape index (κ2) is 8.19. The Morgan fingerprint density at radius 2 is 1.84 bits per heavy atom. The summed E-state index contributed by atoms with van der Waals surface area (Å²) < 4.78 is 11.3. The van der Waals surface area contributed by atoms with E-state index in [-0.39, 0.29) is 11.9 Å². The van der Waals surface area contributed by atoms with Crippen LogP contribution in [0.25, 0.3) is 0 Å². The first-order valence-electron chi connectivity index (χ1n) is 9.34. The number of nitrogens with zero attached hydrogens (tertiary/aromatic N) is 2. The van der Waals surface area contributed by atoms with Gasteiger partial charge in [0.05, 0.1) is 6.04 Å². The van der Waals surface area contributed by atoms with Gasteiger partial charge in [0.1, 0.15) is 12.4 Å². The topological polar surface area (TPSA) is 42.0 Å². The molecule has 1 amide bonds. The highest BCUT2D eigenvalue weighted by atomic mass is 16.5. The molecule has 0 aliphatic carbocycles. The summed E-state index contributed by atoms with van der Waals surface area (Å²) in [5.74, 6) is 1.19. The van der Waals surface area contributed by atoms with Gasteiger partial charge in [-0.3, -0.25) is 9.69 Å². The summed E-state index contributed by atoms with van der Waals surface area (Å²) in [5.41, 5.74) is 2.42. The van der Waals surface area contributed by atoms with Crippen LogP contribution in [0.15, 0.2) is 18.2 Å². The summed E-state index contributed by atoms with van der Waals surface area (Å²) in [7, 11) is 2.03. The second-order valence-corrected chi connectivity index (χ2v) is 7.33. The molecule has 5 heteroatoms. The average Bonchev–Trinajstić information content (AvgIpc) is 2.96. The third kappa shape index (κ3) is 4.53. The molecular weight excluding hydrogens is 316 g/mol. The van der Waals surface area contributed by atoms with E-state index in [9.17, 15) is 4.79 Å². The van der Waals surface area contributed by atoms with E-state index in [1.54, 1.807) is 0 Å². The fourth-order valence-corrected chi connectivity index (χ4v) is 3.93. The lowest BCUT2D eigenvalue weighted by Crippen LogP contribution is -2.46. The number of aryl methyl sites for hydroxylation is 2. The molecule has 138 valence electrons. The summed E-state index contributed by atoms with van der Waals surface area (Å²) in [6.07, 6.45) is 2.85. The van der Waals surface area contributed by atoms with Crippen LogP contribution in [0.4, 0.5) is 0 Å². The normalized spacial score (nSPS) is 22.0. The van der Waals surface area contributed by atoms with Crippen molar-refractivity contribution < 1.29 is 14.3 Å². The minimum atomic E-state index is -0.00862. The highest BCUT2D eigenvalue weighted by Crippen LogP contribution is 2.24. The molecule has 0 spiro atoms. The van der Waals surface area contributed by atoms with Crippen molar-refractivity contribution >= 4 is 5.91 Å². The van der Waals surface area contributed by atoms with Crippen LogP contribution in [0.2, 0.25) is 0 Å². The van der Waals surface area contributed by atoms with Crippen molar-refractivity contribution in [3.05, 3.63) is 29.3 Å². The number of carbonyl (C=O) groups excluding carboxylic acids is 1. The average molecular weight is 346 g/mol. The van der Waals surface area contributed by atoms with E-state index in [4.69, 9.17) is 9.47 Å². The molecule has 3 rings (SSSR count). The van der Waals surface area contributed by atoms with Crippen LogP contribution in [0.5, 0.6) is 5.75 Å². The van der Waals surface area contributed by atoms with Crippen LogP contribution >= 0.6 is 0 Å². The minimum Gasteiger partial charge on any atom is -0.492 e. The molecule has 0 unspecified atom stereocenters. The van der Waals surface area contributed by atoms with E-state index in [1.807, 2.05) is 7.05 Å². The number of hydrogen-bond acceptors (Lipinski definition) is 4. The molecule has 0 saturated carbocycles. The molecule has 25 heavy (non-hydrogen) atoms. The highest BCUT2D eigenvalue weighted by Gasteiger charge is 2.38. The van der Waals surface area contributed by atoms with E-state index in [0.29, 0.717) is 12.6 Å². The van der Waals surface area contributed by atoms with Crippen LogP contribution < -0.4 is 4.74 Å². The largest absolute Gasteiger partial charge is 0.492 e. The number of likely N-dealkylation sites (N-methyl/N-ethyl adjacent to an activating group) is 1. The minimum absolute atomic E-state index is 0.00862. The van der Waals surface area contributed by atoms with Crippen molar-refractivity contribution in [1.82, 2.24) is 9.80 Å². The zero-order chi connectivity index (χ0) is 17.8. The molecule has 2 fully saturated rings. The Morgan fingerprint density at radius 3 is 2.52 bits per heavy atom. The first-order chi connectivity index (χ1) is 12.0. The lowest BCUT2D eigenvalue weighted by atomic mass is 10.1. The van der Waals surface area contributed by atoms with Gasteiger partial charge in [-0.1, -0.05) is 6.07 Å². The van der Waals surface area contributed by atoms with Crippen LogP contribution in [0, 0.1) is 13.8 Å². The zero-order valence-electron chi connectivity index (χ0n) is 15.7. The summed E-state index contributed by atoms with van der Waals surface area (Å²) in [6.45, 7) is 7.93. The van der Waals surface area contributed by atoms with Gasteiger partial charge in [0, 0.05) is 32.3 Å². The maximum absolute atomic E-state index is 12.8. The van der Waals surface area contributed by atoms with Gasteiger partial charge >= 0.3 is 0 Å². The molecule has 1 aromatic rings. The summed E-state index contributed by atoms with van der Waals surface area (Å²) >= 11 is 0. The van der Waals surface area contributed by atoms with Gasteiger partial charge < -0.3 is 14.4 Å². The fraction of sp³-hybridized carbons (Fsp3) is 0.650. The number of benzene rings is 1. The van der Waals surface area contributed by atoms with Gasteiger partial charge in [-0.05, 0) is 63.4 Å². The van der Waals surface area contributed by atoms with Crippen LogP contribution in [0.3, 0.4) is 0 Å². The Hall–Kier alpha value is -1.59. The monoisotopic (exact) mass is 346 g/mol. The van der Waals surface area contributed by atoms with Crippen molar-refractivity contribution in [1.29, 1.82) is 0 Å². The predicted octanol–water partition coefficient (Wildman–Crippen LogP) is 2.39. The number of rotatable bonds is 6. The number of ether oxygens (including phenoxy) is 2. The van der Waals surface area contributed by atoms with Crippen LogP contribution in [-0.2, 0) is 9.53 Å². The maximum Gasteiger partial charge on any atom is 0.240 e. The van der Waals surface area contributed by atoms with E-state index >= 15 is 0 Å². The molecular formula is C20H30N2O3. The van der Waals surface area contributed by atoms with Gasteiger partial charge in [-0.15, -0.1) is 0 Å².